The Balaban J connectivity index is 0.762. The summed E-state index contributed by atoms with van der Waals surface area (Å²) < 4.78 is 149. The Morgan fingerprint density at radius 3 is 0.343 bits per heavy atom. The SMILES string of the molecule is c1ccc2cc3c(cc2c1)OCCOCCOCCOc1cc2c4cc5c(cc4c4cc6c(cc4c2cc1OCCOCCOCCO3)OCCOCCOCCOc1cc2ccccc2cc1OCCOCCOCCO6)OCCOCCOCCOc1cc2ccccc2cc1OCCOCCOCCO5. The van der Waals surface area contributed by atoms with E-state index in [2.05, 4.69) is 0 Å². The third-order valence-electron chi connectivity index (χ3n) is 17.6. The number of benzene rings is 10. The van der Waals surface area contributed by atoms with Crippen LogP contribution >= 0.6 is 0 Å². The van der Waals surface area contributed by atoms with E-state index >= 15 is 0 Å². The molecule has 0 spiro atoms. The summed E-state index contributed by atoms with van der Waals surface area (Å²) in [6, 6.07) is 48.1. The Morgan fingerprint density at radius 2 is 0.222 bits per heavy atom. The maximum absolute atomic E-state index is 6.67. The second kappa shape index (κ2) is 42.6. The van der Waals surface area contributed by atoms with Crippen LogP contribution < -0.4 is 56.8 Å². The van der Waals surface area contributed by atoms with Gasteiger partial charge >= 0.3 is 0 Å². The van der Waals surface area contributed by atoms with Gasteiger partial charge in [0.2, 0.25) is 0 Å². The Bertz CT molecular complexity index is 3680. The summed E-state index contributed by atoms with van der Waals surface area (Å²) in [5.74, 6) is 6.64. The molecule has 0 N–H and O–H groups in total. The van der Waals surface area contributed by atoms with Gasteiger partial charge in [0, 0.05) is 0 Å². The molecule has 0 radical (unpaired) electrons. The molecule has 10 aromatic rings. The van der Waals surface area contributed by atoms with E-state index in [0.29, 0.717) is 228 Å². The fraction of sp³-hybridized carbons (Fsp3) is 0.429. The Labute approximate surface area is 628 Å². The summed E-state index contributed by atoms with van der Waals surface area (Å²) in [7, 11) is 0. The largest absolute Gasteiger partial charge is 0.487 e. The number of hydrogen-bond acceptors (Lipinski definition) is 24. The second-order valence-corrected chi connectivity index (χ2v) is 25.0. The minimum atomic E-state index is 0.189. The third-order valence-corrected chi connectivity index (χ3v) is 17.6. The van der Waals surface area contributed by atoms with Crippen molar-refractivity contribution in [3.63, 3.8) is 0 Å². The van der Waals surface area contributed by atoms with Gasteiger partial charge in [0.15, 0.2) is 69.0 Å². The lowest BCUT2D eigenvalue weighted by Crippen LogP contribution is -2.16. The average molecular weight is 1490 g/mol. The van der Waals surface area contributed by atoms with Crippen molar-refractivity contribution in [2.24, 2.45) is 0 Å². The van der Waals surface area contributed by atoms with E-state index in [1.807, 2.05) is 146 Å². The molecule has 3 aliphatic heterocycles. The van der Waals surface area contributed by atoms with E-state index in [1.54, 1.807) is 0 Å². The Morgan fingerprint density at radius 1 is 0.120 bits per heavy atom. The molecule has 0 aliphatic carbocycles. The number of fused-ring (bicyclic) bond motifs is 15. The van der Waals surface area contributed by atoms with Crippen molar-refractivity contribution in [2.75, 3.05) is 238 Å². The van der Waals surface area contributed by atoms with Crippen molar-refractivity contribution in [3.8, 4) is 69.0 Å². The average Bonchev–Trinajstić information content (AvgIpc) is 0.724. The van der Waals surface area contributed by atoms with E-state index < -0.39 is 0 Å². The molecule has 13 rings (SSSR count). The topological polar surface area (TPSA) is 222 Å². The minimum Gasteiger partial charge on any atom is -0.487 e. The van der Waals surface area contributed by atoms with Crippen LogP contribution in [-0.4, -0.2) is 238 Å². The van der Waals surface area contributed by atoms with Gasteiger partial charge in [-0.3, -0.25) is 0 Å². The number of ether oxygens (including phenoxy) is 24. The monoisotopic (exact) mass is 1490 g/mol. The van der Waals surface area contributed by atoms with Crippen LogP contribution in [0.15, 0.2) is 146 Å². The zero-order chi connectivity index (χ0) is 73.3. The van der Waals surface area contributed by atoms with Gasteiger partial charge in [-0.15, -0.1) is 0 Å². The van der Waals surface area contributed by atoms with Gasteiger partial charge in [-0.05, 0) is 137 Å². The van der Waals surface area contributed by atoms with E-state index in [1.165, 1.54) is 0 Å². The first-order chi connectivity index (χ1) is 53.6. The predicted molar refractivity (Wildman–Crippen MR) is 407 cm³/mol. The Hall–Kier alpha value is -9.12. The molecule has 3 heterocycles. The molecule has 0 aromatic heterocycles. The van der Waals surface area contributed by atoms with Gasteiger partial charge in [-0.2, -0.15) is 0 Å². The molecule has 0 atom stereocenters. The third kappa shape index (κ3) is 22.7. The highest BCUT2D eigenvalue weighted by Gasteiger charge is 2.22. The first-order valence-electron chi connectivity index (χ1n) is 37.3. The lowest BCUT2D eigenvalue weighted by molar-refractivity contribution is 0.0224. The van der Waals surface area contributed by atoms with Gasteiger partial charge < -0.3 is 114 Å². The molecule has 576 valence electrons. The van der Waals surface area contributed by atoms with Crippen molar-refractivity contribution in [1.29, 1.82) is 0 Å². The minimum absolute atomic E-state index is 0.189. The molecule has 3 aliphatic rings. The summed E-state index contributed by atoms with van der Waals surface area (Å²) in [4.78, 5) is 0. The number of rotatable bonds is 0. The van der Waals surface area contributed by atoms with Crippen LogP contribution in [-0.2, 0) is 56.8 Å². The van der Waals surface area contributed by atoms with E-state index in [0.717, 1.165) is 64.6 Å². The van der Waals surface area contributed by atoms with E-state index in [9.17, 15) is 0 Å². The normalized spacial score (nSPS) is 18.2. The first kappa shape index (κ1) is 77.1. The van der Waals surface area contributed by atoms with E-state index in [-0.39, 0.29) is 79.3 Å². The zero-order valence-corrected chi connectivity index (χ0v) is 61.1. The quantitative estimate of drug-likeness (QED) is 0.129. The van der Waals surface area contributed by atoms with Gasteiger partial charge in [0.1, 0.15) is 79.3 Å². The molecule has 0 saturated carbocycles. The predicted octanol–water partition coefficient (Wildman–Crippen LogP) is 12.5. The molecular weight excluding hydrogens is 1390 g/mol. The van der Waals surface area contributed by atoms with Crippen molar-refractivity contribution < 1.29 is 114 Å². The molecular formula is C84H96O24. The smallest absolute Gasteiger partial charge is 0.161 e. The van der Waals surface area contributed by atoms with Gasteiger partial charge in [0.25, 0.3) is 0 Å². The highest BCUT2D eigenvalue weighted by molar-refractivity contribution is 6.27. The zero-order valence-electron chi connectivity index (χ0n) is 61.1. The summed E-state index contributed by atoms with van der Waals surface area (Å²) in [6.07, 6.45) is 0. The van der Waals surface area contributed by atoms with Crippen LogP contribution in [0.1, 0.15) is 0 Å². The molecule has 0 bridgehead atoms. The summed E-state index contributed by atoms with van der Waals surface area (Å²) in [5.41, 5.74) is 0. The van der Waals surface area contributed by atoms with Crippen LogP contribution in [0.4, 0.5) is 0 Å². The molecule has 0 fully saturated rings. The van der Waals surface area contributed by atoms with Gasteiger partial charge in [0.05, 0.1) is 159 Å². The fourth-order valence-electron chi connectivity index (χ4n) is 12.4. The van der Waals surface area contributed by atoms with Crippen molar-refractivity contribution in [2.45, 2.75) is 0 Å². The summed E-state index contributed by atoms with van der Waals surface area (Å²) >= 11 is 0. The van der Waals surface area contributed by atoms with Crippen LogP contribution in [0.5, 0.6) is 69.0 Å². The maximum Gasteiger partial charge on any atom is 0.161 e. The molecule has 0 saturated heterocycles. The highest BCUT2D eigenvalue weighted by Crippen LogP contribution is 2.48. The molecule has 24 nitrogen and oxygen atoms in total. The van der Waals surface area contributed by atoms with Crippen LogP contribution in [0.3, 0.4) is 0 Å². The van der Waals surface area contributed by atoms with Gasteiger partial charge in [-0.25, -0.2) is 0 Å². The fourth-order valence-corrected chi connectivity index (χ4v) is 12.4. The van der Waals surface area contributed by atoms with E-state index in [4.69, 9.17) is 114 Å². The van der Waals surface area contributed by atoms with Crippen LogP contribution in [0.25, 0.3) is 64.6 Å². The van der Waals surface area contributed by atoms with Gasteiger partial charge in [-0.1, -0.05) is 72.8 Å². The highest BCUT2D eigenvalue weighted by atomic mass is 16.6. The molecule has 0 unspecified atom stereocenters. The van der Waals surface area contributed by atoms with Crippen molar-refractivity contribution in [1.82, 2.24) is 0 Å². The number of hydrogen-bond donors (Lipinski definition) is 0. The van der Waals surface area contributed by atoms with Crippen molar-refractivity contribution in [3.05, 3.63) is 146 Å². The molecule has 0 amide bonds. The lowest BCUT2D eigenvalue weighted by atomic mass is 9.93. The summed E-state index contributed by atoms with van der Waals surface area (Å²) in [5, 5.41) is 11.1. The molecule has 10 aromatic carbocycles. The summed E-state index contributed by atoms with van der Waals surface area (Å²) in [6.45, 7) is 10.6. The van der Waals surface area contributed by atoms with Crippen LogP contribution in [0, 0.1) is 0 Å². The molecule has 24 heteroatoms. The maximum atomic E-state index is 6.67. The van der Waals surface area contributed by atoms with Crippen molar-refractivity contribution >= 4 is 64.6 Å². The molecule has 108 heavy (non-hydrogen) atoms. The Kier molecular flexibility index (Phi) is 30.4. The second-order valence-electron chi connectivity index (χ2n) is 25.0. The van der Waals surface area contributed by atoms with Crippen LogP contribution in [0.2, 0.25) is 0 Å². The first-order valence-corrected chi connectivity index (χ1v) is 37.3. The lowest BCUT2D eigenvalue weighted by Gasteiger charge is -2.21. The standard InChI is InChI=1S/C84H96O24/c1-2-8-62-50-74-73(49-61(62)7-1)97-37-25-85-13-19-91-31-43-103-79-55-67-68(56-80(79)104-44-32-92-20-14-86-26-38-98-74)70-58-82-84(108-48-36-96-24-18-90-30-42-102-78-54-66-12-6-5-11-65(66)53-77(78)100-40-28-88-16-22-94-34-46-106-82)60-72(70)71-59-83-81(57-69(67)71)105-45-33-93-21-15-87-27-39-99-75-51-63-9-3-4-10-64(63)52-76(75)101-41-29-89-17-23-95-35-47-107-83/h1-12,49-60H,13-48H2.